The summed E-state index contributed by atoms with van der Waals surface area (Å²) in [5.74, 6) is 0.467. The molecule has 1 saturated heterocycles. The van der Waals surface area contributed by atoms with Crippen LogP contribution in [0.2, 0.25) is 0 Å². The second-order valence-electron chi connectivity index (χ2n) is 6.88. The van der Waals surface area contributed by atoms with Crippen LogP contribution in [0.15, 0.2) is 42.5 Å². The van der Waals surface area contributed by atoms with Crippen molar-refractivity contribution in [2.24, 2.45) is 0 Å². The van der Waals surface area contributed by atoms with E-state index in [1.807, 2.05) is 30.3 Å². The number of fused-ring (bicyclic) bond motifs is 1. The number of methoxy groups -OCH3 is 1. The molecule has 0 saturated carbocycles. The van der Waals surface area contributed by atoms with E-state index in [1.54, 1.807) is 31.1 Å². The quantitative estimate of drug-likeness (QED) is 0.645. The third-order valence-electron chi connectivity index (χ3n) is 4.84. The molecular weight excluding hydrogens is 388 g/mol. The van der Waals surface area contributed by atoms with Gasteiger partial charge in [0.1, 0.15) is 11.8 Å². The lowest BCUT2D eigenvalue weighted by atomic mass is 10.2. The predicted octanol–water partition coefficient (Wildman–Crippen LogP) is 3.87. The number of anilines is 3. The van der Waals surface area contributed by atoms with Crippen LogP contribution in [0.25, 0.3) is 10.2 Å². The lowest BCUT2D eigenvalue weighted by molar-refractivity contribution is -0.117. The molecule has 1 fully saturated rings. The molecule has 4 rings (SSSR count). The second-order valence-corrected chi connectivity index (χ2v) is 7.91. The van der Waals surface area contributed by atoms with Gasteiger partial charge in [-0.15, -0.1) is 0 Å². The number of ether oxygens (including phenoxy) is 1. The molecule has 3 aromatic rings. The molecule has 0 aliphatic carbocycles. The zero-order valence-corrected chi connectivity index (χ0v) is 17.1. The number of nitrogens with one attached hydrogen (secondary N) is 2. The van der Waals surface area contributed by atoms with Gasteiger partial charge in [0.25, 0.3) is 0 Å². The SMILES string of the molecule is COc1cc(NC(=O)C(C)Nc2nc3ccccc3s2)ccc1N1CCCC1=O. The number of benzene rings is 2. The van der Waals surface area contributed by atoms with Crippen molar-refractivity contribution in [3.05, 3.63) is 42.5 Å². The molecule has 2 amide bonds. The van der Waals surface area contributed by atoms with Crippen molar-refractivity contribution in [1.82, 2.24) is 4.98 Å². The second kappa shape index (κ2) is 8.08. The molecule has 2 aromatic carbocycles. The predicted molar refractivity (Wildman–Crippen MR) is 116 cm³/mol. The summed E-state index contributed by atoms with van der Waals surface area (Å²) in [6, 6.07) is 12.7. The van der Waals surface area contributed by atoms with E-state index >= 15 is 0 Å². The molecule has 29 heavy (non-hydrogen) atoms. The monoisotopic (exact) mass is 410 g/mol. The van der Waals surface area contributed by atoms with Crippen LogP contribution in [0.3, 0.4) is 0 Å². The van der Waals surface area contributed by atoms with Crippen molar-refractivity contribution in [3.8, 4) is 5.75 Å². The fourth-order valence-corrected chi connectivity index (χ4v) is 4.27. The topological polar surface area (TPSA) is 83.6 Å². The van der Waals surface area contributed by atoms with Gasteiger partial charge in [0.2, 0.25) is 11.8 Å². The summed E-state index contributed by atoms with van der Waals surface area (Å²) in [7, 11) is 1.56. The number of amides is 2. The fourth-order valence-electron chi connectivity index (χ4n) is 3.32. The Labute approximate surface area is 172 Å². The summed E-state index contributed by atoms with van der Waals surface area (Å²) in [6.45, 7) is 2.47. The van der Waals surface area contributed by atoms with Crippen LogP contribution in [0.1, 0.15) is 19.8 Å². The van der Waals surface area contributed by atoms with Gasteiger partial charge in [0.05, 0.1) is 23.0 Å². The highest BCUT2D eigenvalue weighted by Crippen LogP contribution is 2.34. The third kappa shape index (κ3) is 4.02. The minimum Gasteiger partial charge on any atom is -0.494 e. The largest absolute Gasteiger partial charge is 0.494 e. The van der Waals surface area contributed by atoms with E-state index < -0.39 is 6.04 Å². The van der Waals surface area contributed by atoms with Gasteiger partial charge in [-0.25, -0.2) is 4.98 Å². The number of aromatic nitrogens is 1. The molecule has 2 heterocycles. The summed E-state index contributed by atoms with van der Waals surface area (Å²) in [6.07, 6.45) is 1.39. The standard InChI is InChI=1S/C21H22N4O3S/c1-13(22-21-24-15-6-3-4-7-18(15)29-21)20(27)23-14-9-10-16(17(12-14)28-2)25-11-5-8-19(25)26/h3-4,6-7,9-10,12-13H,5,8,11H2,1-2H3,(H,22,24)(H,23,27). The van der Waals surface area contributed by atoms with Gasteiger partial charge in [0.15, 0.2) is 5.13 Å². The van der Waals surface area contributed by atoms with Crippen LogP contribution in [-0.2, 0) is 9.59 Å². The van der Waals surface area contributed by atoms with Crippen LogP contribution in [0, 0.1) is 0 Å². The van der Waals surface area contributed by atoms with Crippen LogP contribution < -0.4 is 20.3 Å². The van der Waals surface area contributed by atoms with Gasteiger partial charge in [-0.1, -0.05) is 23.5 Å². The van der Waals surface area contributed by atoms with Crippen molar-refractivity contribution in [2.75, 3.05) is 29.2 Å². The molecule has 1 atom stereocenters. The third-order valence-corrected chi connectivity index (χ3v) is 5.81. The maximum Gasteiger partial charge on any atom is 0.246 e. The summed E-state index contributed by atoms with van der Waals surface area (Å²) in [5.41, 5.74) is 2.25. The molecule has 1 aliphatic heterocycles. The van der Waals surface area contributed by atoms with E-state index in [9.17, 15) is 9.59 Å². The Balaban J connectivity index is 1.45. The van der Waals surface area contributed by atoms with E-state index in [2.05, 4.69) is 15.6 Å². The normalized spacial score (nSPS) is 14.8. The van der Waals surface area contributed by atoms with E-state index in [4.69, 9.17) is 4.74 Å². The number of hydrogen-bond donors (Lipinski definition) is 2. The van der Waals surface area contributed by atoms with Crippen LogP contribution in [0.5, 0.6) is 5.75 Å². The molecule has 0 bridgehead atoms. The smallest absolute Gasteiger partial charge is 0.246 e. The average molecular weight is 410 g/mol. The Hall–Kier alpha value is -3.13. The summed E-state index contributed by atoms with van der Waals surface area (Å²) >= 11 is 1.51. The van der Waals surface area contributed by atoms with E-state index in [0.717, 1.165) is 22.3 Å². The maximum absolute atomic E-state index is 12.6. The van der Waals surface area contributed by atoms with Crippen molar-refractivity contribution in [3.63, 3.8) is 0 Å². The molecule has 0 radical (unpaired) electrons. The lowest BCUT2D eigenvalue weighted by Crippen LogP contribution is -2.31. The first kappa shape index (κ1) is 19.2. The van der Waals surface area contributed by atoms with E-state index in [0.29, 0.717) is 29.5 Å². The highest BCUT2D eigenvalue weighted by molar-refractivity contribution is 7.22. The first-order valence-electron chi connectivity index (χ1n) is 9.46. The zero-order valence-electron chi connectivity index (χ0n) is 16.3. The highest BCUT2D eigenvalue weighted by atomic mass is 32.1. The minimum absolute atomic E-state index is 0.0914. The van der Waals surface area contributed by atoms with Crippen molar-refractivity contribution in [1.29, 1.82) is 0 Å². The van der Waals surface area contributed by atoms with Crippen LogP contribution in [-0.4, -0.2) is 36.5 Å². The number of carbonyl (C=O) groups excluding carboxylic acids is 2. The number of para-hydroxylation sites is 1. The minimum atomic E-state index is -0.471. The molecule has 2 N–H and O–H groups in total. The summed E-state index contributed by atoms with van der Waals surface area (Å²) in [4.78, 5) is 30.9. The molecule has 1 unspecified atom stereocenters. The maximum atomic E-state index is 12.6. The number of nitrogens with zero attached hydrogens (tertiary/aromatic N) is 2. The van der Waals surface area contributed by atoms with Crippen molar-refractivity contribution < 1.29 is 14.3 Å². The molecule has 1 aliphatic rings. The Kier molecular flexibility index (Phi) is 5.35. The fraction of sp³-hybridized carbons (Fsp3) is 0.286. The van der Waals surface area contributed by atoms with Gasteiger partial charge in [-0.05, 0) is 37.6 Å². The Morgan fingerprint density at radius 1 is 1.28 bits per heavy atom. The molecule has 150 valence electrons. The lowest BCUT2D eigenvalue weighted by Gasteiger charge is -2.20. The first-order chi connectivity index (χ1) is 14.0. The number of thiazole rings is 1. The van der Waals surface area contributed by atoms with Gasteiger partial charge >= 0.3 is 0 Å². The zero-order chi connectivity index (χ0) is 20.4. The van der Waals surface area contributed by atoms with E-state index in [-0.39, 0.29) is 11.8 Å². The molecular formula is C21H22N4O3S. The summed E-state index contributed by atoms with van der Waals surface area (Å²) in [5, 5.41) is 6.75. The van der Waals surface area contributed by atoms with Crippen LogP contribution >= 0.6 is 11.3 Å². The van der Waals surface area contributed by atoms with Crippen molar-refractivity contribution in [2.45, 2.75) is 25.8 Å². The Morgan fingerprint density at radius 2 is 2.10 bits per heavy atom. The number of carbonyl (C=O) groups is 2. The average Bonchev–Trinajstić information content (AvgIpc) is 3.33. The highest BCUT2D eigenvalue weighted by Gasteiger charge is 2.25. The Morgan fingerprint density at radius 3 is 2.83 bits per heavy atom. The molecule has 1 aromatic heterocycles. The molecule has 0 spiro atoms. The first-order valence-corrected chi connectivity index (χ1v) is 10.3. The van der Waals surface area contributed by atoms with Gasteiger partial charge in [-0.2, -0.15) is 0 Å². The number of rotatable bonds is 6. The van der Waals surface area contributed by atoms with E-state index in [1.165, 1.54) is 11.3 Å². The van der Waals surface area contributed by atoms with Gasteiger partial charge < -0.3 is 20.3 Å². The van der Waals surface area contributed by atoms with Gasteiger partial charge in [0, 0.05) is 24.7 Å². The summed E-state index contributed by atoms with van der Waals surface area (Å²) < 4.78 is 6.52. The molecule has 8 heteroatoms. The number of hydrogen-bond acceptors (Lipinski definition) is 6. The van der Waals surface area contributed by atoms with Crippen molar-refractivity contribution >= 4 is 49.9 Å². The van der Waals surface area contributed by atoms with Crippen LogP contribution in [0.4, 0.5) is 16.5 Å². The Bertz CT molecular complexity index is 1030. The van der Waals surface area contributed by atoms with Gasteiger partial charge in [-0.3, -0.25) is 9.59 Å². The molecule has 7 nitrogen and oxygen atoms in total.